The molecule has 0 spiro atoms. The van der Waals surface area contributed by atoms with Crippen LogP contribution in [0.3, 0.4) is 0 Å². The average molecular weight is 401 g/mol. The van der Waals surface area contributed by atoms with Crippen LogP contribution >= 0.6 is 0 Å². The first kappa shape index (κ1) is 17.6. The zero-order chi connectivity index (χ0) is 19.1. The number of nitrogens with one attached hydrogen (secondary N) is 1. The van der Waals surface area contributed by atoms with E-state index in [9.17, 15) is 8.42 Å². The van der Waals surface area contributed by atoms with Crippen molar-refractivity contribution in [3.05, 3.63) is 48.5 Å². The minimum atomic E-state index is -3.54. The van der Waals surface area contributed by atoms with Crippen LogP contribution in [0.5, 0.6) is 11.5 Å². The summed E-state index contributed by atoms with van der Waals surface area (Å²) < 4.78 is 41.5. The van der Waals surface area contributed by atoms with E-state index in [-0.39, 0.29) is 12.1 Å². The second kappa shape index (κ2) is 6.86. The van der Waals surface area contributed by atoms with Crippen LogP contribution in [0.4, 0.5) is 11.4 Å². The molecule has 0 aliphatic carbocycles. The van der Waals surface area contributed by atoms with Gasteiger partial charge in [0.2, 0.25) is 0 Å². The number of ether oxygens (including phenoxy) is 2. The van der Waals surface area contributed by atoms with Gasteiger partial charge in [0.05, 0.1) is 17.4 Å². The Morgan fingerprint density at radius 2 is 1.86 bits per heavy atom. The largest absolute Gasteiger partial charge is 0.486 e. The lowest BCUT2D eigenvalue weighted by Gasteiger charge is -2.39. The number of hydrogen-bond donors (Lipinski definition) is 1. The molecule has 2 atom stereocenters. The van der Waals surface area contributed by atoms with E-state index in [2.05, 4.69) is 9.62 Å². The molecule has 28 heavy (non-hydrogen) atoms. The summed E-state index contributed by atoms with van der Waals surface area (Å²) in [6, 6.07) is 15.0. The molecule has 0 saturated carbocycles. The fraction of sp³-hybridized carbons (Fsp3) is 0.400. The lowest BCUT2D eigenvalue weighted by Crippen LogP contribution is -2.52. The van der Waals surface area contributed by atoms with Gasteiger partial charge in [-0.15, -0.1) is 0 Å². The molecule has 0 unspecified atom stereocenters. The van der Waals surface area contributed by atoms with Gasteiger partial charge >= 0.3 is 10.2 Å². The van der Waals surface area contributed by atoms with E-state index in [4.69, 9.17) is 9.47 Å². The van der Waals surface area contributed by atoms with Gasteiger partial charge in [-0.1, -0.05) is 24.3 Å². The topological polar surface area (TPSA) is 71.1 Å². The Morgan fingerprint density at radius 1 is 1.07 bits per heavy atom. The Bertz CT molecular complexity index is 981. The summed E-state index contributed by atoms with van der Waals surface area (Å²) in [7, 11) is -3.54. The third kappa shape index (κ3) is 3.16. The maximum absolute atomic E-state index is 12.7. The van der Waals surface area contributed by atoms with Gasteiger partial charge in [0.1, 0.15) is 12.7 Å². The molecule has 1 N–H and O–H groups in total. The lowest BCUT2D eigenvalue weighted by atomic mass is 10.0. The highest BCUT2D eigenvalue weighted by Gasteiger charge is 2.39. The van der Waals surface area contributed by atoms with Crippen LogP contribution in [0.15, 0.2) is 48.5 Å². The van der Waals surface area contributed by atoms with Crippen LogP contribution < -0.4 is 18.5 Å². The highest BCUT2D eigenvalue weighted by Crippen LogP contribution is 2.38. The van der Waals surface area contributed by atoms with Gasteiger partial charge in [-0.05, 0) is 43.7 Å². The summed E-state index contributed by atoms with van der Waals surface area (Å²) in [5.41, 5.74) is 1.39. The van der Waals surface area contributed by atoms with Gasteiger partial charge in [-0.3, -0.25) is 9.62 Å². The molecule has 3 heterocycles. The minimum absolute atomic E-state index is 0.0609. The van der Waals surface area contributed by atoms with E-state index in [0.29, 0.717) is 25.4 Å². The van der Waals surface area contributed by atoms with Crippen molar-refractivity contribution in [2.75, 3.05) is 35.3 Å². The molecule has 3 aliphatic rings. The van der Waals surface area contributed by atoms with Crippen molar-refractivity contribution < 1.29 is 17.9 Å². The Kier molecular flexibility index (Phi) is 4.32. The molecule has 1 fully saturated rings. The van der Waals surface area contributed by atoms with Crippen LogP contribution in [-0.2, 0) is 10.2 Å². The van der Waals surface area contributed by atoms with Crippen LogP contribution in [0.2, 0.25) is 0 Å². The van der Waals surface area contributed by atoms with Crippen molar-refractivity contribution in [2.45, 2.75) is 25.0 Å². The van der Waals surface area contributed by atoms with Gasteiger partial charge in [0, 0.05) is 13.1 Å². The minimum Gasteiger partial charge on any atom is -0.486 e. The molecule has 0 amide bonds. The van der Waals surface area contributed by atoms with Crippen molar-refractivity contribution in [2.24, 2.45) is 0 Å². The van der Waals surface area contributed by atoms with Gasteiger partial charge < -0.3 is 9.47 Å². The van der Waals surface area contributed by atoms with Gasteiger partial charge in [0.25, 0.3) is 0 Å². The molecule has 2 aromatic carbocycles. The summed E-state index contributed by atoms with van der Waals surface area (Å²) in [6.07, 6.45) is 1.73. The zero-order valence-corrected chi connectivity index (χ0v) is 16.3. The van der Waals surface area contributed by atoms with Crippen molar-refractivity contribution in [3.8, 4) is 11.5 Å². The summed E-state index contributed by atoms with van der Waals surface area (Å²) >= 11 is 0. The molecule has 2 aromatic rings. The van der Waals surface area contributed by atoms with Crippen LogP contribution in [0.25, 0.3) is 0 Å². The maximum atomic E-state index is 12.7. The number of benzene rings is 2. The van der Waals surface area contributed by atoms with Crippen LogP contribution in [-0.4, -0.2) is 51.7 Å². The third-order valence-corrected chi connectivity index (χ3v) is 6.97. The number of fused-ring (bicyclic) bond motifs is 2. The first-order valence-corrected chi connectivity index (χ1v) is 11.1. The number of hydrogen-bond acceptors (Lipinski definition) is 5. The predicted octanol–water partition coefficient (Wildman–Crippen LogP) is 2.47. The van der Waals surface area contributed by atoms with Crippen molar-refractivity contribution >= 4 is 21.6 Å². The van der Waals surface area contributed by atoms with Crippen molar-refractivity contribution in [3.63, 3.8) is 0 Å². The van der Waals surface area contributed by atoms with E-state index in [1.165, 1.54) is 0 Å². The number of anilines is 2. The Labute approximate surface area is 165 Å². The molecule has 148 valence electrons. The smallest absolute Gasteiger partial charge is 0.324 e. The Hall–Kier alpha value is -2.45. The van der Waals surface area contributed by atoms with E-state index in [1.54, 1.807) is 10.4 Å². The molecule has 8 heteroatoms. The number of para-hydroxylation sites is 4. The predicted molar refractivity (Wildman–Crippen MR) is 107 cm³/mol. The number of piperidine rings is 1. The molecular weight excluding hydrogens is 378 g/mol. The van der Waals surface area contributed by atoms with Gasteiger partial charge in [-0.25, -0.2) is 4.31 Å². The lowest BCUT2D eigenvalue weighted by molar-refractivity contribution is 0.0511. The second-order valence-electron chi connectivity index (χ2n) is 7.47. The summed E-state index contributed by atoms with van der Waals surface area (Å²) in [4.78, 5) is 2.28. The molecule has 7 nitrogen and oxygen atoms in total. The molecule has 0 radical (unpaired) electrons. The van der Waals surface area contributed by atoms with Gasteiger partial charge in [0.15, 0.2) is 11.5 Å². The van der Waals surface area contributed by atoms with E-state index in [0.717, 1.165) is 36.6 Å². The molecule has 1 saturated heterocycles. The second-order valence-corrected chi connectivity index (χ2v) is 9.02. The fourth-order valence-electron chi connectivity index (χ4n) is 4.29. The van der Waals surface area contributed by atoms with Gasteiger partial charge in [-0.2, -0.15) is 8.42 Å². The van der Waals surface area contributed by atoms with Crippen molar-refractivity contribution in [1.29, 1.82) is 0 Å². The average Bonchev–Trinajstić information content (AvgIpc) is 2.97. The monoisotopic (exact) mass is 401 g/mol. The quantitative estimate of drug-likeness (QED) is 0.856. The first-order valence-electron chi connectivity index (χ1n) is 9.62. The number of nitrogens with zero attached hydrogens (tertiary/aromatic N) is 2. The van der Waals surface area contributed by atoms with Crippen LogP contribution in [0.1, 0.15) is 12.8 Å². The SMILES string of the molecule is O=S1(=O)Nc2ccccc2N1[C@H]1CCCN(C[C@H]2COc3ccccc3O2)C1. The molecule has 5 rings (SSSR count). The number of rotatable bonds is 3. The Morgan fingerprint density at radius 3 is 2.75 bits per heavy atom. The molecule has 3 aliphatic heterocycles. The Balaban J connectivity index is 1.30. The highest BCUT2D eigenvalue weighted by atomic mass is 32.2. The number of likely N-dealkylation sites (tertiary alicyclic amines) is 1. The molecular formula is C20H23N3O4S. The first-order chi connectivity index (χ1) is 13.6. The summed E-state index contributed by atoms with van der Waals surface area (Å²) in [5, 5.41) is 0. The molecule has 0 aromatic heterocycles. The summed E-state index contributed by atoms with van der Waals surface area (Å²) in [6.45, 7) is 2.83. The van der Waals surface area contributed by atoms with Crippen molar-refractivity contribution in [1.82, 2.24) is 4.90 Å². The van der Waals surface area contributed by atoms with Crippen LogP contribution in [0, 0.1) is 0 Å². The highest BCUT2D eigenvalue weighted by molar-refractivity contribution is 7.94. The molecule has 0 bridgehead atoms. The van der Waals surface area contributed by atoms with E-state index >= 15 is 0 Å². The normalized spacial score (nSPS) is 25.8. The van der Waals surface area contributed by atoms with E-state index < -0.39 is 10.2 Å². The standard InChI is InChI=1S/C20H23N3O4S/c24-28(25)21-17-7-1-2-8-18(17)23(28)15-6-5-11-22(12-15)13-16-14-26-19-9-3-4-10-20(19)27-16/h1-4,7-10,15-16,21H,5-6,11-14H2/t15-,16-/m0/s1. The fourth-order valence-corrected chi connectivity index (χ4v) is 5.82. The van der Waals surface area contributed by atoms with E-state index in [1.807, 2.05) is 42.5 Å². The maximum Gasteiger partial charge on any atom is 0.324 e. The third-order valence-electron chi connectivity index (χ3n) is 5.48. The zero-order valence-electron chi connectivity index (χ0n) is 15.5. The summed E-state index contributed by atoms with van der Waals surface area (Å²) in [5.74, 6) is 1.55.